The topological polar surface area (TPSA) is 103 Å². The fourth-order valence-electron chi connectivity index (χ4n) is 2.14. The van der Waals surface area contributed by atoms with E-state index in [0.29, 0.717) is 21.5 Å². The molecule has 0 spiro atoms. The van der Waals surface area contributed by atoms with Crippen molar-refractivity contribution >= 4 is 33.7 Å². The maximum absolute atomic E-state index is 12.2. The van der Waals surface area contributed by atoms with Gasteiger partial charge >= 0.3 is 5.97 Å². The third-order valence-electron chi connectivity index (χ3n) is 3.46. The van der Waals surface area contributed by atoms with Gasteiger partial charge in [-0.15, -0.1) is 0 Å². The van der Waals surface area contributed by atoms with Gasteiger partial charge in [0.2, 0.25) is 0 Å². The van der Waals surface area contributed by atoms with Crippen LogP contribution in [0.3, 0.4) is 0 Å². The Balaban J connectivity index is 1.84. The fourth-order valence-corrected chi connectivity index (χ4v) is 2.50. The van der Waals surface area contributed by atoms with Gasteiger partial charge in [-0.05, 0) is 49.4 Å². The molecule has 0 heterocycles. The van der Waals surface area contributed by atoms with Gasteiger partial charge in [0.15, 0.2) is 6.61 Å². The number of hydrogen-bond acceptors (Lipinski definition) is 6. The fraction of sp³-hybridized carbons (Fsp3) is 0.211. The molecule has 9 heteroatoms. The Hall–Kier alpha value is -3.07. The number of hydrogen-bond donors (Lipinski definition) is 2. The molecule has 2 aromatic carbocycles. The molecule has 0 aliphatic carbocycles. The van der Waals surface area contributed by atoms with Crippen LogP contribution in [0.15, 0.2) is 46.9 Å². The number of ether oxygens (including phenoxy) is 3. The van der Waals surface area contributed by atoms with Gasteiger partial charge in [0.25, 0.3) is 11.8 Å². The molecule has 0 unspecified atom stereocenters. The minimum atomic E-state index is -0.559. The molecule has 0 aliphatic heterocycles. The molecular weight excluding hydrogens is 432 g/mol. The van der Waals surface area contributed by atoms with Crippen LogP contribution in [-0.4, -0.2) is 38.1 Å². The number of nitrogens with one attached hydrogen (secondary N) is 2. The van der Waals surface area contributed by atoms with Crippen LogP contribution in [0.2, 0.25) is 0 Å². The molecular formula is C19H19BrN2O6. The van der Waals surface area contributed by atoms with Gasteiger partial charge < -0.3 is 14.2 Å². The highest BCUT2D eigenvalue weighted by Crippen LogP contribution is 2.22. The SMILES string of the molecule is CCOC(=O)c1ccc(OCC(=O)NNC(=O)c2cc(Br)ccc2OC)cc1. The van der Waals surface area contributed by atoms with E-state index in [4.69, 9.17) is 14.2 Å². The zero-order valence-electron chi connectivity index (χ0n) is 15.3. The first-order valence-electron chi connectivity index (χ1n) is 8.27. The standard InChI is InChI=1S/C19H19BrN2O6/c1-3-27-19(25)12-4-7-14(8-5-12)28-11-17(23)21-22-18(24)15-10-13(20)6-9-16(15)26-2/h4-10H,3,11H2,1-2H3,(H,21,23)(H,22,24). The second-order valence-corrected chi connectivity index (χ2v) is 6.30. The van der Waals surface area contributed by atoms with Gasteiger partial charge in [-0.1, -0.05) is 15.9 Å². The van der Waals surface area contributed by atoms with Crippen LogP contribution in [0, 0.1) is 0 Å². The van der Waals surface area contributed by atoms with Crippen LogP contribution in [0.4, 0.5) is 0 Å². The van der Waals surface area contributed by atoms with Crippen molar-refractivity contribution in [1.82, 2.24) is 10.9 Å². The molecule has 0 bridgehead atoms. The minimum absolute atomic E-state index is 0.257. The molecule has 2 amide bonds. The molecule has 0 radical (unpaired) electrons. The lowest BCUT2D eigenvalue weighted by Gasteiger charge is -2.11. The summed E-state index contributed by atoms with van der Waals surface area (Å²) >= 11 is 3.28. The van der Waals surface area contributed by atoms with Gasteiger partial charge in [-0.3, -0.25) is 20.4 Å². The van der Waals surface area contributed by atoms with Gasteiger partial charge in [0.1, 0.15) is 11.5 Å². The lowest BCUT2D eigenvalue weighted by atomic mass is 10.2. The Morgan fingerprint density at radius 2 is 1.75 bits per heavy atom. The van der Waals surface area contributed by atoms with E-state index in [9.17, 15) is 14.4 Å². The van der Waals surface area contributed by atoms with Gasteiger partial charge in [0, 0.05) is 4.47 Å². The Bertz CT molecular complexity index is 854. The monoisotopic (exact) mass is 450 g/mol. The first-order chi connectivity index (χ1) is 13.4. The van der Waals surface area contributed by atoms with Crippen LogP contribution < -0.4 is 20.3 Å². The van der Waals surface area contributed by atoms with Crippen molar-refractivity contribution in [3.05, 3.63) is 58.1 Å². The Labute approximate surface area is 170 Å². The normalized spacial score (nSPS) is 9.96. The highest BCUT2D eigenvalue weighted by Gasteiger charge is 2.14. The molecule has 0 saturated heterocycles. The number of amides is 2. The quantitative estimate of drug-likeness (QED) is 0.496. The lowest BCUT2D eigenvalue weighted by Crippen LogP contribution is -2.43. The molecule has 28 heavy (non-hydrogen) atoms. The molecule has 2 rings (SSSR count). The maximum atomic E-state index is 12.2. The molecule has 2 aromatic rings. The van der Waals surface area contributed by atoms with Gasteiger partial charge in [0.05, 0.1) is 24.8 Å². The van der Waals surface area contributed by atoms with Crippen LogP contribution in [0.25, 0.3) is 0 Å². The van der Waals surface area contributed by atoms with Crippen molar-refractivity contribution in [3.8, 4) is 11.5 Å². The summed E-state index contributed by atoms with van der Waals surface area (Å²) in [6.07, 6.45) is 0. The zero-order chi connectivity index (χ0) is 20.5. The van der Waals surface area contributed by atoms with E-state index in [1.165, 1.54) is 19.2 Å². The van der Waals surface area contributed by atoms with Gasteiger partial charge in [-0.25, -0.2) is 4.79 Å². The number of halogens is 1. The average molecular weight is 451 g/mol. The molecule has 8 nitrogen and oxygen atoms in total. The van der Waals surface area contributed by atoms with Crippen molar-refractivity contribution in [3.63, 3.8) is 0 Å². The first-order valence-corrected chi connectivity index (χ1v) is 9.06. The van der Waals surface area contributed by atoms with Crippen molar-refractivity contribution < 1.29 is 28.6 Å². The van der Waals surface area contributed by atoms with Crippen molar-refractivity contribution in [1.29, 1.82) is 0 Å². The first kappa shape index (κ1) is 21.2. The summed E-state index contributed by atoms with van der Waals surface area (Å²) in [4.78, 5) is 35.6. The summed E-state index contributed by atoms with van der Waals surface area (Å²) in [5, 5.41) is 0. The number of benzene rings is 2. The predicted octanol–water partition coefficient (Wildman–Crippen LogP) is 2.47. The maximum Gasteiger partial charge on any atom is 0.338 e. The number of rotatable bonds is 7. The summed E-state index contributed by atoms with van der Waals surface area (Å²) in [5.74, 6) is -0.768. The third kappa shape index (κ3) is 5.98. The second kappa shape index (κ2) is 10.3. The van der Waals surface area contributed by atoms with Crippen LogP contribution in [0.5, 0.6) is 11.5 Å². The molecule has 0 aliphatic rings. The van der Waals surface area contributed by atoms with E-state index < -0.39 is 17.8 Å². The van der Waals surface area contributed by atoms with Crippen molar-refractivity contribution in [2.75, 3.05) is 20.3 Å². The van der Waals surface area contributed by atoms with E-state index in [1.54, 1.807) is 37.3 Å². The second-order valence-electron chi connectivity index (χ2n) is 5.38. The van der Waals surface area contributed by atoms with E-state index >= 15 is 0 Å². The molecule has 2 N–H and O–H groups in total. The van der Waals surface area contributed by atoms with E-state index in [1.807, 2.05) is 0 Å². The largest absolute Gasteiger partial charge is 0.496 e. The van der Waals surface area contributed by atoms with Crippen LogP contribution in [0.1, 0.15) is 27.6 Å². The summed E-state index contributed by atoms with van der Waals surface area (Å²) in [6, 6.07) is 11.1. The van der Waals surface area contributed by atoms with Crippen molar-refractivity contribution in [2.45, 2.75) is 6.92 Å². The summed E-state index contributed by atoms with van der Waals surface area (Å²) in [5.41, 5.74) is 5.19. The van der Waals surface area contributed by atoms with Gasteiger partial charge in [-0.2, -0.15) is 0 Å². The molecule has 0 aromatic heterocycles. The lowest BCUT2D eigenvalue weighted by molar-refractivity contribution is -0.123. The van der Waals surface area contributed by atoms with E-state index in [2.05, 4.69) is 26.8 Å². The van der Waals surface area contributed by atoms with E-state index in [0.717, 1.165) is 0 Å². The number of esters is 1. The Morgan fingerprint density at radius 3 is 2.39 bits per heavy atom. The summed E-state index contributed by atoms with van der Waals surface area (Å²) in [7, 11) is 1.44. The molecule has 0 fully saturated rings. The highest BCUT2D eigenvalue weighted by molar-refractivity contribution is 9.10. The Morgan fingerprint density at radius 1 is 1.04 bits per heavy atom. The zero-order valence-corrected chi connectivity index (χ0v) is 16.9. The number of carbonyl (C=O) groups is 3. The smallest absolute Gasteiger partial charge is 0.338 e. The minimum Gasteiger partial charge on any atom is -0.496 e. The van der Waals surface area contributed by atoms with E-state index in [-0.39, 0.29) is 18.8 Å². The summed E-state index contributed by atoms with van der Waals surface area (Å²) < 4.78 is 16.0. The molecule has 0 atom stereocenters. The predicted molar refractivity (Wildman–Crippen MR) is 104 cm³/mol. The number of hydrazine groups is 1. The highest BCUT2D eigenvalue weighted by atomic mass is 79.9. The molecule has 148 valence electrons. The Kier molecular flexibility index (Phi) is 7.82. The average Bonchev–Trinajstić information content (AvgIpc) is 2.71. The summed E-state index contributed by atoms with van der Waals surface area (Å²) in [6.45, 7) is 1.68. The third-order valence-corrected chi connectivity index (χ3v) is 3.95. The van der Waals surface area contributed by atoms with Crippen LogP contribution in [-0.2, 0) is 9.53 Å². The number of methoxy groups -OCH3 is 1. The molecule has 0 saturated carbocycles. The number of carbonyl (C=O) groups excluding carboxylic acids is 3. The van der Waals surface area contributed by atoms with Crippen LogP contribution >= 0.6 is 15.9 Å². The van der Waals surface area contributed by atoms with Crippen molar-refractivity contribution in [2.24, 2.45) is 0 Å².